The molecule has 2 rings (SSSR count). The molecule has 1 aromatic rings. The summed E-state index contributed by atoms with van der Waals surface area (Å²) in [6.45, 7) is 0.633. The van der Waals surface area contributed by atoms with E-state index in [0.29, 0.717) is 6.67 Å². The Morgan fingerprint density at radius 3 is 3.36 bits per heavy atom. The van der Waals surface area contributed by atoms with Crippen molar-refractivity contribution in [2.75, 3.05) is 18.2 Å². The van der Waals surface area contributed by atoms with E-state index < -0.39 is 0 Å². The summed E-state index contributed by atoms with van der Waals surface area (Å²) in [6, 6.07) is 0. The van der Waals surface area contributed by atoms with Crippen LogP contribution < -0.4 is 5.32 Å². The molecule has 1 aliphatic heterocycles. The highest BCUT2D eigenvalue weighted by atomic mass is 32.2. The summed E-state index contributed by atoms with van der Waals surface area (Å²) in [5.41, 5.74) is 1.00. The number of hydrogen-bond acceptors (Lipinski definition) is 4. The van der Waals surface area contributed by atoms with Crippen molar-refractivity contribution in [1.82, 2.24) is 9.97 Å². The number of rotatable bonds is 0. The van der Waals surface area contributed by atoms with Gasteiger partial charge in [0.25, 0.3) is 0 Å². The second-order valence-corrected chi connectivity index (χ2v) is 2.92. The molecule has 0 atom stereocenters. The molecule has 0 aromatic carbocycles. The van der Waals surface area contributed by atoms with Crippen molar-refractivity contribution in [1.29, 1.82) is 0 Å². The summed E-state index contributed by atoms with van der Waals surface area (Å²) < 4.78 is 0. The Labute approximate surface area is 68.5 Å². The number of aromatic nitrogens is 2. The molecule has 0 bridgehead atoms. The summed E-state index contributed by atoms with van der Waals surface area (Å²) in [4.78, 5) is 11.4. The summed E-state index contributed by atoms with van der Waals surface area (Å²) in [5.74, 6) is 0.907. The van der Waals surface area contributed by atoms with E-state index in [9.17, 15) is 0 Å². The molecule has 2 heterocycles. The Morgan fingerprint density at radius 2 is 2.55 bits per heavy atom. The van der Waals surface area contributed by atoms with E-state index in [0.717, 1.165) is 16.6 Å². The zero-order valence-corrected chi connectivity index (χ0v) is 6.90. The monoisotopic (exact) mass is 168 g/mol. The van der Waals surface area contributed by atoms with Gasteiger partial charge in [0.15, 0.2) is 5.82 Å². The van der Waals surface area contributed by atoms with Gasteiger partial charge in [-0.2, -0.15) is 0 Å². The van der Waals surface area contributed by atoms with Gasteiger partial charge in [-0.3, -0.25) is 4.99 Å². The van der Waals surface area contributed by atoms with Crippen molar-refractivity contribution in [3.8, 4) is 0 Å². The number of nitrogens with one attached hydrogen (secondary N) is 2. The number of hydrogen-bond donors (Lipinski definition) is 2. The van der Waals surface area contributed by atoms with Crippen molar-refractivity contribution < 1.29 is 0 Å². The number of imidazole rings is 1. The van der Waals surface area contributed by atoms with Crippen molar-refractivity contribution in [2.24, 2.45) is 4.99 Å². The molecule has 1 aromatic heterocycles. The first-order chi connectivity index (χ1) is 5.42. The zero-order chi connectivity index (χ0) is 7.68. The van der Waals surface area contributed by atoms with Crippen LogP contribution in [0.4, 0.5) is 5.82 Å². The minimum atomic E-state index is 0.633. The van der Waals surface area contributed by atoms with Gasteiger partial charge in [0.1, 0.15) is 17.4 Å². The molecule has 5 heteroatoms. The van der Waals surface area contributed by atoms with Gasteiger partial charge in [0.2, 0.25) is 0 Å². The normalized spacial score (nSPS) is 15.2. The Hall–Kier alpha value is -0.970. The summed E-state index contributed by atoms with van der Waals surface area (Å²) >= 11 is 1.63. The Morgan fingerprint density at radius 1 is 1.64 bits per heavy atom. The quantitative estimate of drug-likeness (QED) is 0.605. The van der Waals surface area contributed by atoms with Gasteiger partial charge in [-0.25, -0.2) is 4.98 Å². The van der Waals surface area contributed by atoms with Crippen LogP contribution in [0.5, 0.6) is 0 Å². The lowest BCUT2D eigenvalue weighted by atomic mass is 10.4. The molecule has 0 saturated carbocycles. The maximum atomic E-state index is 4.26. The SMILES string of the molecule is CSC1=NCNc2nc[nH]c21. The van der Waals surface area contributed by atoms with Crippen LogP contribution in [0.3, 0.4) is 0 Å². The number of nitrogens with zero attached hydrogens (tertiary/aromatic N) is 2. The van der Waals surface area contributed by atoms with E-state index in [1.165, 1.54) is 0 Å². The van der Waals surface area contributed by atoms with E-state index in [1.54, 1.807) is 18.1 Å². The minimum Gasteiger partial charge on any atom is -0.349 e. The van der Waals surface area contributed by atoms with Gasteiger partial charge in [-0.1, -0.05) is 0 Å². The van der Waals surface area contributed by atoms with E-state index in [4.69, 9.17) is 0 Å². The number of aromatic amines is 1. The van der Waals surface area contributed by atoms with Crippen molar-refractivity contribution in [3.63, 3.8) is 0 Å². The van der Waals surface area contributed by atoms with Gasteiger partial charge < -0.3 is 10.3 Å². The number of thioether (sulfide) groups is 1. The maximum absolute atomic E-state index is 4.26. The van der Waals surface area contributed by atoms with Gasteiger partial charge in [0, 0.05) is 0 Å². The predicted molar refractivity (Wildman–Crippen MR) is 47.1 cm³/mol. The van der Waals surface area contributed by atoms with Crippen LogP contribution in [0.15, 0.2) is 11.3 Å². The Bertz CT molecular complexity index is 291. The lowest BCUT2D eigenvalue weighted by molar-refractivity contribution is 1.10. The smallest absolute Gasteiger partial charge is 0.155 e. The number of fused-ring (bicyclic) bond motifs is 1. The fraction of sp³-hybridized carbons (Fsp3) is 0.333. The van der Waals surface area contributed by atoms with Crippen molar-refractivity contribution >= 4 is 22.6 Å². The molecule has 0 aliphatic carbocycles. The van der Waals surface area contributed by atoms with Gasteiger partial charge >= 0.3 is 0 Å². The Balaban J connectivity index is 2.45. The van der Waals surface area contributed by atoms with Crippen LogP contribution in [0, 0.1) is 0 Å². The molecule has 0 radical (unpaired) electrons. The molecule has 58 valence electrons. The summed E-state index contributed by atoms with van der Waals surface area (Å²) in [5, 5.41) is 4.09. The van der Waals surface area contributed by atoms with Gasteiger partial charge in [-0.15, -0.1) is 11.8 Å². The van der Waals surface area contributed by atoms with Gasteiger partial charge in [-0.05, 0) is 6.26 Å². The Kier molecular flexibility index (Phi) is 1.58. The van der Waals surface area contributed by atoms with E-state index in [-0.39, 0.29) is 0 Å². The fourth-order valence-electron chi connectivity index (χ4n) is 1.02. The van der Waals surface area contributed by atoms with Crippen molar-refractivity contribution in [3.05, 3.63) is 12.0 Å². The van der Waals surface area contributed by atoms with Crippen LogP contribution in [-0.2, 0) is 0 Å². The van der Waals surface area contributed by atoms with Crippen LogP contribution in [0.2, 0.25) is 0 Å². The lowest BCUT2D eigenvalue weighted by Gasteiger charge is -2.10. The molecule has 0 spiro atoms. The third kappa shape index (κ3) is 1.01. The maximum Gasteiger partial charge on any atom is 0.155 e. The molecule has 0 amide bonds. The van der Waals surface area contributed by atoms with Crippen molar-refractivity contribution in [2.45, 2.75) is 0 Å². The molecular weight excluding hydrogens is 160 g/mol. The summed E-state index contributed by atoms with van der Waals surface area (Å²) in [6.07, 6.45) is 3.68. The molecule has 11 heavy (non-hydrogen) atoms. The number of aliphatic imine (C=N–C) groups is 1. The standard InChI is InChI=1S/C6H8N4S/c1-11-6-4-5(8-2-7-4)9-3-10-6/h2,9H,3H2,1H3,(H,7,8). The highest BCUT2D eigenvalue weighted by Crippen LogP contribution is 2.19. The van der Waals surface area contributed by atoms with E-state index in [1.807, 2.05) is 6.26 Å². The molecule has 1 aliphatic rings. The highest BCUT2D eigenvalue weighted by Gasteiger charge is 2.14. The first-order valence-corrected chi connectivity index (χ1v) is 4.50. The molecule has 0 fully saturated rings. The number of anilines is 1. The topological polar surface area (TPSA) is 53.1 Å². The predicted octanol–water partition coefficient (Wildman–Crippen LogP) is 0.902. The third-order valence-corrected chi connectivity index (χ3v) is 2.24. The van der Waals surface area contributed by atoms with E-state index in [2.05, 4.69) is 20.3 Å². The first kappa shape index (κ1) is 6.72. The largest absolute Gasteiger partial charge is 0.349 e. The average Bonchev–Trinajstić information content (AvgIpc) is 2.50. The molecular formula is C6H8N4S. The fourth-order valence-corrected chi connectivity index (χ4v) is 1.58. The second kappa shape index (κ2) is 2.58. The second-order valence-electron chi connectivity index (χ2n) is 2.13. The highest BCUT2D eigenvalue weighted by molar-refractivity contribution is 8.13. The van der Waals surface area contributed by atoms with Gasteiger partial charge in [0.05, 0.1) is 6.33 Å². The third-order valence-electron chi connectivity index (χ3n) is 1.52. The van der Waals surface area contributed by atoms with Crippen LogP contribution >= 0.6 is 11.8 Å². The molecule has 2 N–H and O–H groups in total. The summed E-state index contributed by atoms with van der Waals surface area (Å²) in [7, 11) is 0. The molecule has 4 nitrogen and oxygen atoms in total. The zero-order valence-electron chi connectivity index (χ0n) is 6.09. The average molecular weight is 168 g/mol. The molecule has 0 saturated heterocycles. The lowest BCUT2D eigenvalue weighted by Crippen LogP contribution is -2.12. The van der Waals surface area contributed by atoms with Crippen LogP contribution in [-0.4, -0.2) is 27.9 Å². The van der Waals surface area contributed by atoms with Crippen LogP contribution in [0.1, 0.15) is 5.69 Å². The first-order valence-electron chi connectivity index (χ1n) is 3.28. The van der Waals surface area contributed by atoms with E-state index >= 15 is 0 Å². The van der Waals surface area contributed by atoms with Crippen LogP contribution in [0.25, 0.3) is 0 Å². The minimum absolute atomic E-state index is 0.633. The molecule has 0 unspecified atom stereocenters. The number of H-pyrrole nitrogens is 1.